The number of nitrogens with zero attached hydrogens (tertiary/aromatic N) is 2. The van der Waals surface area contributed by atoms with Crippen LogP contribution < -0.4 is 15.6 Å². The van der Waals surface area contributed by atoms with Crippen LogP contribution >= 0.6 is 0 Å². The number of rotatable bonds is 7. The molecule has 1 aromatic carbocycles. The summed E-state index contributed by atoms with van der Waals surface area (Å²) in [5, 5.41) is 2.95. The van der Waals surface area contributed by atoms with E-state index in [2.05, 4.69) is 10.3 Å². The largest absolute Gasteiger partial charge is 0.485 e. The zero-order valence-corrected chi connectivity index (χ0v) is 16.4. The summed E-state index contributed by atoms with van der Waals surface area (Å²) in [6.45, 7) is 6.05. The Morgan fingerprint density at radius 3 is 2.68 bits per heavy atom. The van der Waals surface area contributed by atoms with E-state index in [1.165, 1.54) is 10.5 Å². The van der Waals surface area contributed by atoms with Crippen LogP contribution in [0.3, 0.4) is 0 Å². The van der Waals surface area contributed by atoms with Crippen LogP contribution in [0.4, 0.5) is 5.69 Å². The van der Waals surface area contributed by atoms with Crippen molar-refractivity contribution in [2.45, 2.75) is 40.2 Å². The second kappa shape index (κ2) is 8.69. The summed E-state index contributed by atoms with van der Waals surface area (Å²) < 4.78 is 7.41. The van der Waals surface area contributed by atoms with Crippen LogP contribution in [0.5, 0.6) is 5.75 Å². The van der Waals surface area contributed by atoms with Gasteiger partial charge in [0.1, 0.15) is 18.0 Å². The Morgan fingerprint density at radius 2 is 1.93 bits per heavy atom. The Bertz CT molecular complexity index is 1040. The molecule has 3 aromatic rings. The summed E-state index contributed by atoms with van der Waals surface area (Å²) >= 11 is 0. The number of carbonyl (C=O) groups excluding carboxylic acids is 1. The zero-order chi connectivity index (χ0) is 20.1. The van der Waals surface area contributed by atoms with Crippen molar-refractivity contribution in [3.63, 3.8) is 0 Å². The normalized spacial score (nSPS) is 11.0. The van der Waals surface area contributed by atoms with Gasteiger partial charge in [-0.3, -0.25) is 14.0 Å². The van der Waals surface area contributed by atoms with E-state index < -0.39 is 0 Å². The molecule has 2 aromatic heterocycles. The van der Waals surface area contributed by atoms with Crippen molar-refractivity contribution in [3.8, 4) is 5.75 Å². The first-order valence-electron chi connectivity index (χ1n) is 9.54. The lowest BCUT2D eigenvalue weighted by Crippen LogP contribution is -2.22. The number of fused-ring (bicyclic) bond motifs is 1. The van der Waals surface area contributed by atoms with E-state index in [1.54, 1.807) is 12.3 Å². The van der Waals surface area contributed by atoms with Gasteiger partial charge >= 0.3 is 0 Å². The highest BCUT2D eigenvalue weighted by Crippen LogP contribution is 2.26. The molecule has 2 heterocycles. The quantitative estimate of drug-likeness (QED) is 0.674. The SMILES string of the molecule is CCC(CC)C(=O)Nc1ccccc1OCc1cc(=O)n2cccc(C)c2n1. The molecular formula is C22H25N3O3. The second-order valence-corrected chi connectivity index (χ2v) is 6.76. The van der Waals surface area contributed by atoms with Gasteiger partial charge in [0.25, 0.3) is 5.56 Å². The van der Waals surface area contributed by atoms with Gasteiger partial charge in [0.15, 0.2) is 0 Å². The lowest BCUT2D eigenvalue weighted by atomic mass is 10.0. The van der Waals surface area contributed by atoms with Crippen LogP contribution in [0.1, 0.15) is 37.9 Å². The first-order valence-corrected chi connectivity index (χ1v) is 9.54. The van der Waals surface area contributed by atoms with Gasteiger partial charge in [-0.2, -0.15) is 0 Å². The van der Waals surface area contributed by atoms with E-state index in [-0.39, 0.29) is 24.0 Å². The molecule has 0 aliphatic heterocycles. The number of nitrogens with one attached hydrogen (secondary N) is 1. The number of ether oxygens (including phenoxy) is 1. The van der Waals surface area contributed by atoms with Gasteiger partial charge in [-0.15, -0.1) is 0 Å². The molecule has 0 saturated heterocycles. The van der Waals surface area contributed by atoms with Gasteiger partial charge in [0.2, 0.25) is 5.91 Å². The van der Waals surface area contributed by atoms with Crippen molar-refractivity contribution < 1.29 is 9.53 Å². The minimum atomic E-state index is -0.150. The van der Waals surface area contributed by atoms with E-state index in [4.69, 9.17) is 4.74 Å². The van der Waals surface area contributed by atoms with E-state index in [0.717, 1.165) is 18.4 Å². The molecule has 146 valence electrons. The maximum Gasteiger partial charge on any atom is 0.258 e. The predicted octanol–water partition coefficient (Wildman–Crippen LogP) is 3.96. The second-order valence-electron chi connectivity index (χ2n) is 6.76. The molecule has 1 N–H and O–H groups in total. The van der Waals surface area contributed by atoms with Crippen LogP contribution in [0, 0.1) is 12.8 Å². The topological polar surface area (TPSA) is 72.7 Å². The maximum absolute atomic E-state index is 12.4. The molecule has 3 rings (SSSR count). The molecule has 0 aliphatic carbocycles. The first kappa shape index (κ1) is 19.6. The average molecular weight is 379 g/mol. The lowest BCUT2D eigenvalue weighted by molar-refractivity contribution is -0.120. The fourth-order valence-electron chi connectivity index (χ4n) is 3.12. The fourth-order valence-corrected chi connectivity index (χ4v) is 3.12. The van der Waals surface area contributed by atoms with Crippen molar-refractivity contribution in [2.24, 2.45) is 5.92 Å². The van der Waals surface area contributed by atoms with E-state index in [9.17, 15) is 9.59 Å². The smallest absolute Gasteiger partial charge is 0.258 e. The molecule has 0 saturated carbocycles. The van der Waals surface area contributed by atoms with Crippen LogP contribution in [0.15, 0.2) is 53.5 Å². The number of carbonyl (C=O) groups is 1. The van der Waals surface area contributed by atoms with Crippen molar-refractivity contribution in [2.75, 3.05) is 5.32 Å². The number of hydrogen-bond acceptors (Lipinski definition) is 4. The van der Waals surface area contributed by atoms with Gasteiger partial charge < -0.3 is 10.1 Å². The average Bonchev–Trinajstić information content (AvgIpc) is 2.69. The monoisotopic (exact) mass is 379 g/mol. The highest BCUT2D eigenvalue weighted by Gasteiger charge is 2.16. The van der Waals surface area contributed by atoms with Crippen LogP contribution in [0.25, 0.3) is 5.65 Å². The molecule has 0 aliphatic rings. The summed E-state index contributed by atoms with van der Waals surface area (Å²) in [5.74, 6) is 0.505. The number of benzene rings is 1. The van der Waals surface area contributed by atoms with E-state index >= 15 is 0 Å². The number of anilines is 1. The Kier molecular flexibility index (Phi) is 6.09. The zero-order valence-electron chi connectivity index (χ0n) is 16.4. The van der Waals surface area contributed by atoms with Gasteiger partial charge in [0.05, 0.1) is 11.4 Å². The number of pyridine rings is 1. The molecule has 28 heavy (non-hydrogen) atoms. The Hall–Kier alpha value is -3.15. The highest BCUT2D eigenvalue weighted by molar-refractivity contribution is 5.93. The van der Waals surface area contributed by atoms with Crippen LogP contribution in [-0.4, -0.2) is 15.3 Å². The molecule has 6 nitrogen and oxygen atoms in total. The van der Waals surface area contributed by atoms with Crippen molar-refractivity contribution in [1.82, 2.24) is 9.38 Å². The highest BCUT2D eigenvalue weighted by atomic mass is 16.5. The molecule has 0 fully saturated rings. The summed E-state index contributed by atoms with van der Waals surface area (Å²) in [6.07, 6.45) is 3.27. The Labute approximate surface area is 164 Å². The summed E-state index contributed by atoms with van der Waals surface area (Å²) in [7, 11) is 0. The maximum atomic E-state index is 12.4. The standard InChI is InChI=1S/C22H25N3O3/c1-4-16(5-2)22(27)24-18-10-6-7-11-19(18)28-14-17-13-20(26)25-12-8-9-15(3)21(25)23-17/h6-13,16H,4-5,14H2,1-3H3,(H,24,27). The minimum absolute atomic E-state index is 0.0150. The van der Waals surface area contributed by atoms with Gasteiger partial charge in [0, 0.05) is 18.2 Å². The minimum Gasteiger partial charge on any atom is -0.485 e. The van der Waals surface area contributed by atoms with Crippen LogP contribution in [0.2, 0.25) is 0 Å². The summed E-state index contributed by atoms with van der Waals surface area (Å²) in [4.78, 5) is 29.3. The molecule has 0 unspecified atom stereocenters. The third kappa shape index (κ3) is 4.22. The van der Waals surface area contributed by atoms with Gasteiger partial charge in [-0.1, -0.05) is 32.0 Å². The van der Waals surface area contributed by atoms with Crippen LogP contribution in [-0.2, 0) is 11.4 Å². The number of hydrogen-bond donors (Lipinski definition) is 1. The number of aromatic nitrogens is 2. The molecule has 1 amide bonds. The number of para-hydroxylation sites is 2. The number of aryl methyl sites for hydroxylation is 1. The van der Waals surface area contributed by atoms with Crippen molar-refractivity contribution in [3.05, 3.63) is 70.3 Å². The summed E-state index contributed by atoms with van der Waals surface area (Å²) in [5.41, 5.74) is 2.54. The molecule has 0 radical (unpaired) electrons. The lowest BCUT2D eigenvalue weighted by Gasteiger charge is -2.16. The van der Waals surface area contributed by atoms with Gasteiger partial charge in [-0.05, 0) is 43.5 Å². The Morgan fingerprint density at radius 1 is 1.18 bits per heavy atom. The predicted molar refractivity (Wildman–Crippen MR) is 110 cm³/mol. The van der Waals surface area contributed by atoms with E-state index in [0.29, 0.717) is 22.8 Å². The number of amides is 1. The molecule has 0 spiro atoms. The first-order chi connectivity index (χ1) is 13.5. The Balaban J connectivity index is 1.80. The van der Waals surface area contributed by atoms with Gasteiger partial charge in [-0.25, -0.2) is 4.98 Å². The third-order valence-corrected chi connectivity index (χ3v) is 4.82. The molecule has 0 bridgehead atoms. The van der Waals surface area contributed by atoms with E-state index in [1.807, 2.05) is 51.1 Å². The van der Waals surface area contributed by atoms with Crippen molar-refractivity contribution in [1.29, 1.82) is 0 Å². The third-order valence-electron chi connectivity index (χ3n) is 4.82. The fraction of sp³-hybridized carbons (Fsp3) is 0.318. The summed E-state index contributed by atoms with van der Waals surface area (Å²) in [6, 6.07) is 12.5. The molecule has 0 atom stereocenters. The van der Waals surface area contributed by atoms with Crippen molar-refractivity contribution >= 4 is 17.2 Å². The molecule has 6 heteroatoms. The molecular weight excluding hydrogens is 354 g/mol.